The molecule has 2 aromatic rings. The average Bonchev–Trinajstić information content (AvgIpc) is 2.96. The van der Waals surface area contributed by atoms with E-state index < -0.39 is 0 Å². The summed E-state index contributed by atoms with van der Waals surface area (Å²) in [7, 11) is 0. The van der Waals surface area contributed by atoms with Crippen molar-refractivity contribution in [2.24, 2.45) is 0 Å². The Hall–Kier alpha value is -1.61. The second-order valence-corrected chi connectivity index (χ2v) is 6.19. The van der Waals surface area contributed by atoms with Crippen molar-refractivity contribution >= 4 is 21.7 Å². The molecular weight excluding hydrogens is 328 g/mol. The first-order valence-corrected chi connectivity index (χ1v) is 8.04. The number of carbonyl (C=O) groups excluding carboxylic acids is 1. The van der Waals surface area contributed by atoms with Crippen molar-refractivity contribution in [1.82, 2.24) is 0 Å². The van der Waals surface area contributed by atoms with Gasteiger partial charge in [0, 0.05) is 16.8 Å². The zero-order valence-electron chi connectivity index (χ0n) is 11.9. The molecule has 0 saturated carbocycles. The minimum Gasteiger partial charge on any atom is -0.492 e. The maximum atomic E-state index is 13.0. The number of Topliss-reactive ketones (excluding diaryl/α,β-unsaturated/α-hetero) is 1. The predicted molar refractivity (Wildman–Crippen MR) is 87.1 cm³/mol. The van der Waals surface area contributed by atoms with Crippen LogP contribution in [0.2, 0.25) is 0 Å². The summed E-state index contributed by atoms with van der Waals surface area (Å²) in [4.78, 5) is 13.0. The van der Waals surface area contributed by atoms with E-state index in [-0.39, 0.29) is 11.7 Å². The van der Waals surface area contributed by atoms with E-state index >= 15 is 0 Å². The van der Waals surface area contributed by atoms with Gasteiger partial charge in [0.05, 0.1) is 12.2 Å². The Bertz CT molecular complexity index is 664. The number of hydrogen-bond donors (Lipinski definition) is 0. The van der Waals surface area contributed by atoms with Gasteiger partial charge in [0.1, 0.15) is 5.75 Å². The molecule has 3 heteroatoms. The van der Waals surface area contributed by atoms with Crippen LogP contribution in [-0.2, 0) is 6.42 Å². The Morgan fingerprint density at radius 1 is 1.29 bits per heavy atom. The van der Waals surface area contributed by atoms with Crippen molar-refractivity contribution in [3.8, 4) is 5.75 Å². The Balaban J connectivity index is 2.02. The molecule has 1 aliphatic heterocycles. The van der Waals surface area contributed by atoms with E-state index in [0.717, 1.165) is 34.2 Å². The minimum atomic E-state index is -0.117. The SMILES string of the molecule is CCC(C(=O)c1cc(Br)cc2c1OCC2)c1ccccc1. The van der Waals surface area contributed by atoms with Crippen LogP contribution >= 0.6 is 15.9 Å². The maximum absolute atomic E-state index is 13.0. The first-order valence-electron chi connectivity index (χ1n) is 7.25. The third-order valence-corrected chi connectivity index (χ3v) is 4.40. The van der Waals surface area contributed by atoms with Crippen molar-refractivity contribution in [2.75, 3.05) is 6.61 Å². The molecule has 1 heterocycles. The molecule has 0 bridgehead atoms. The van der Waals surface area contributed by atoms with E-state index in [1.54, 1.807) is 0 Å². The summed E-state index contributed by atoms with van der Waals surface area (Å²) in [6.45, 7) is 2.71. The quantitative estimate of drug-likeness (QED) is 0.747. The smallest absolute Gasteiger partial charge is 0.174 e. The highest BCUT2D eigenvalue weighted by atomic mass is 79.9. The lowest BCUT2D eigenvalue weighted by atomic mass is 9.88. The molecule has 0 aliphatic carbocycles. The lowest BCUT2D eigenvalue weighted by Gasteiger charge is -2.16. The van der Waals surface area contributed by atoms with Gasteiger partial charge in [-0.2, -0.15) is 0 Å². The number of ketones is 1. The zero-order valence-corrected chi connectivity index (χ0v) is 13.5. The Kier molecular flexibility index (Phi) is 4.11. The first kappa shape index (κ1) is 14.3. The molecular formula is C18H17BrO2. The average molecular weight is 345 g/mol. The lowest BCUT2D eigenvalue weighted by Crippen LogP contribution is -2.13. The number of carbonyl (C=O) groups is 1. The van der Waals surface area contributed by atoms with Gasteiger partial charge in [-0.15, -0.1) is 0 Å². The molecule has 0 radical (unpaired) electrons. The van der Waals surface area contributed by atoms with Gasteiger partial charge in [-0.05, 0) is 29.7 Å². The second kappa shape index (κ2) is 6.02. The van der Waals surface area contributed by atoms with Gasteiger partial charge in [0.2, 0.25) is 0 Å². The van der Waals surface area contributed by atoms with Gasteiger partial charge in [0.15, 0.2) is 5.78 Å². The maximum Gasteiger partial charge on any atom is 0.174 e. The molecule has 2 aromatic carbocycles. The van der Waals surface area contributed by atoms with Gasteiger partial charge in [0.25, 0.3) is 0 Å². The number of ether oxygens (including phenoxy) is 1. The summed E-state index contributed by atoms with van der Waals surface area (Å²) in [5.41, 5.74) is 2.89. The van der Waals surface area contributed by atoms with E-state index in [1.165, 1.54) is 0 Å². The highest BCUT2D eigenvalue weighted by Crippen LogP contribution is 2.36. The summed E-state index contributed by atoms with van der Waals surface area (Å²) in [5, 5.41) is 0. The minimum absolute atomic E-state index is 0.117. The molecule has 1 aliphatic rings. The van der Waals surface area contributed by atoms with E-state index in [2.05, 4.69) is 22.9 Å². The third kappa shape index (κ3) is 2.75. The van der Waals surface area contributed by atoms with E-state index in [4.69, 9.17) is 4.74 Å². The molecule has 0 N–H and O–H groups in total. The Morgan fingerprint density at radius 3 is 2.76 bits per heavy atom. The molecule has 21 heavy (non-hydrogen) atoms. The van der Waals surface area contributed by atoms with Crippen LogP contribution in [0.1, 0.15) is 40.7 Å². The van der Waals surface area contributed by atoms with Crippen LogP contribution in [0.25, 0.3) is 0 Å². The molecule has 0 fully saturated rings. The molecule has 0 saturated heterocycles. The molecule has 3 rings (SSSR count). The molecule has 108 valence electrons. The van der Waals surface area contributed by atoms with Crippen molar-refractivity contribution in [3.63, 3.8) is 0 Å². The van der Waals surface area contributed by atoms with Crippen LogP contribution in [0, 0.1) is 0 Å². The third-order valence-electron chi connectivity index (χ3n) is 3.94. The monoisotopic (exact) mass is 344 g/mol. The van der Waals surface area contributed by atoms with E-state index in [9.17, 15) is 4.79 Å². The topological polar surface area (TPSA) is 26.3 Å². The van der Waals surface area contributed by atoms with Crippen LogP contribution in [0.15, 0.2) is 46.9 Å². The zero-order chi connectivity index (χ0) is 14.8. The Morgan fingerprint density at radius 2 is 2.05 bits per heavy atom. The number of benzene rings is 2. The summed E-state index contributed by atoms with van der Waals surface area (Å²) in [5.74, 6) is 0.800. The van der Waals surface area contributed by atoms with Crippen molar-refractivity contribution < 1.29 is 9.53 Å². The summed E-state index contributed by atoms with van der Waals surface area (Å²) < 4.78 is 6.64. The molecule has 1 unspecified atom stereocenters. The van der Waals surface area contributed by atoms with Crippen molar-refractivity contribution in [2.45, 2.75) is 25.7 Å². The van der Waals surface area contributed by atoms with Gasteiger partial charge < -0.3 is 4.74 Å². The van der Waals surface area contributed by atoms with Crippen LogP contribution < -0.4 is 4.74 Å². The highest BCUT2D eigenvalue weighted by Gasteiger charge is 2.27. The number of rotatable bonds is 4. The van der Waals surface area contributed by atoms with Gasteiger partial charge in [-0.1, -0.05) is 53.2 Å². The van der Waals surface area contributed by atoms with Crippen LogP contribution in [0.3, 0.4) is 0 Å². The van der Waals surface area contributed by atoms with Crippen LogP contribution in [0.5, 0.6) is 5.75 Å². The largest absolute Gasteiger partial charge is 0.492 e. The number of halogens is 1. The van der Waals surface area contributed by atoms with Gasteiger partial charge in [-0.3, -0.25) is 4.79 Å². The summed E-state index contributed by atoms with van der Waals surface area (Å²) >= 11 is 3.50. The predicted octanol–water partition coefficient (Wildman–Crippen LogP) is 4.76. The van der Waals surface area contributed by atoms with E-state index in [0.29, 0.717) is 12.2 Å². The normalized spacial score (nSPS) is 14.4. The van der Waals surface area contributed by atoms with Crippen molar-refractivity contribution in [3.05, 3.63) is 63.6 Å². The fourth-order valence-electron chi connectivity index (χ4n) is 2.90. The molecule has 2 nitrogen and oxygen atoms in total. The molecule has 0 amide bonds. The van der Waals surface area contributed by atoms with Gasteiger partial charge >= 0.3 is 0 Å². The number of hydrogen-bond acceptors (Lipinski definition) is 2. The second-order valence-electron chi connectivity index (χ2n) is 5.28. The van der Waals surface area contributed by atoms with E-state index in [1.807, 2.05) is 42.5 Å². The van der Waals surface area contributed by atoms with Crippen LogP contribution in [-0.4, -0.2) is 12.4 Å². The summed E-state index contributed by atoms with van der Waals surface area (Å²) in [6.07, 6.45) is 1.65. The van der Waals surface area contributed by atoms with Crippen molar-refractivity contribution in [1.29, 1.82) is 0 Å². The fourth-order valence-corrected chi connectivity index (χ4v) is 3.40. The molecule has 0 aromatic heterocycles. The Labute approximate surface area is 133 Å². The fraction of sp³-hybridized carbons (Fsp3) is 0.278. The molecule has 1 atom stereocenters. The number of fused-ring (bicyclic) bond motifs is 1. The lowest BCUT2D eigenvalue weighted by molar-refractivity contribution is 0.0954. The van der Waals surface area contributed by atoms with Gasteiger partial charge in [-0.25, -0.2) is 0 Å². The highest BCUT2D eigenvalue weighted by molar-refractivity contribution is 9.10. The first-order chi connectivity index (χ1) is 10.2. The summed E-state index contributed by atoms with van der Waals surface area (Å²) in [6, 6.07) is 13.9. The molecule has 0 spiro atoms. The van der Waals surface area contributed by atoms with Crippen LogP contribution in [0.4, 0.5) is 0 Å². The standard InChI is InChI=1S/C18H17BrO2/c1-2-15(12-6-4-3-5-7-12)17(20)16-11-14(19)10-13-8-9-21-18(13)16/h3-7,10-11,15H,2,8-9H2,1H3.